The molecule has 5 nitrogen and oxygen atoms in total. The van der Waals surface area contributed by atoms with Gasteiger partial charge in [-0.1, -0.05) is 0 Å². The molecular formula is C7H8NNaO4S. The third-order valence-electron chi connectivity index (χ3n) is 1.44. The monoisotopic (exact) mass is 225 g/mol. The van der Waals surface area contributed by atoms with E-state index in [1.807, 2.05) is 0 Å². The Kier molecular flexibility index (Phi) is 4.76. The fraction of sp³-hybridized carbons (Fsp3) is 0. The molecule has 0 aromatic heterocycles. The number of hydrogen-bond donors (Lipinski definition) is 2. The van der Waals surface area contributed by atoms with E-state index in [0.717, 1.165) is 12.1 Å². The second-order valence-electron chi connectivity index (χ2n) is 2.36. The van der Waals surface area contributed by atoms with Gasteiger partial charge in [0.05, 0.1) is 4.90 Å². The predicted octanol–water partition coefficient (Wildman–Crippen LogP) is -0.616. The van der Waals surface area contributed by atoms with E-state index in [1.54, 1.807) is 0 Å². The molecular weight excluding hydrogens is 217 g/mol. The molecule has 0 aliphatic carbocycles. The number of hydrogen-bond acceptors (Lipinski definition) is 3. The van der Waals surface area contributed by atoms with Gasteiger partial charge in [-0.15, -0.1) is 0 Å². The van der Waals surface area contributed by atoms with Gasteiger partial charge < -0.3 is 5.73 Å². The van der Waals surface area contributed by atoms with E-state index in [4.69, 9.17) is 10.3 Å². The first-order valence-corrected chi connectivity index (χ1v) is 4.72. The van der Waals surface area contributed by atoms with Gasteiger partial charge in [0.25, 0.3) is 10.1 Å². The molecule has 0 unspecified atom stereocenters. The Morgan fingerprint density at radius 3 is 1.93 bits per heavy atom. The van der Waals surface area contributed by atoms with E-state index in [2.05, 4.69) is 0 Å². The molecule has 0 bridgehead atoms. The Balaban J connectivity index is 0.00000169. The minimum atomic E-state index is -4.20. The summed E-state index contributed by atoms with van der Waals surface area (Å²) in [7, 11) is -4.20. The summed E-state index contributed by atoms with van der Waals surface area (Å²) in [6, 6.07) is 4.67. The average molecular weight is 225 g/mol. The Morgan fingerprint density at radius 1 is 1.21 bits per heavy atom. The van der Waals surface area contributed by atoms with Crippen molar-refractivity contribution in [1.29, 1.82) is 0 Å². The van der Waals surface area contributed by atoms with Crippen molar-refractivity contribution in [2.75, 3.05) is 0 Å². The van der Waals surface area contributed by atoms with Crippen LogP contribution in [-0.4, -0.2) is 48.4 Å². The normalized spacial score (nSPS) is 10.4. The van der Waals surface area contributed by atoms with Crippen LogP contribution in [0.5, 0.6) is 0 Å². The van der Waals surface area contributed by atoms with Gasteiger partial charge in [0.15, 0.2) is 0 Å². The number of nitrogens with two attached hydrogens (primary N) is 1. The molecule has 0 fully saturated rings. The van der Waals surface area contributed by atoms with Crippen LogP contribution in [0.15, 0.2) is 29.2 Å². The number of benzene rings is 1. The summed E-state index contributed by atoms with van der Waals surface area (Å²) in [5, 5.41) is 0. The second kappa shape index (κ2) is 4.90. The number of rotatable bonds is 2. The number of amides is 1. The van der Waals surface area contributed by atoms with Gasteiger partial charge in [-0.2, -0.15) is 8.42 Å². The molecule has 7 heteroatoms. The molecule has 0 spiro atoms. The third-order valence-corrected chi connectivity index (χ3v) is 2.30. The van der Waals surface area contributed by atoms with Crippen molar-refractivity contribution in [3.8, 4) is 0 Å². The molecule has 1 rings (SSSR count). The Hall–Kier alpha value is -0.400. The van der Waals surface area contributed by atoms with E-state index < -0.39 is 16.0 Å². The average Bonchev–Trinajstić information content (AvgIpc) is 2.03. The van der Waals surface area contributed by atoms with Crippen molar-refractivity contribution in [2.45, 2.75) is 4.90 Å². The van der Waals surface area contributed by atoms with E-state index in [9.17, 15) is 13.2 Å². The predicted molar refractivity (Wildman–Crippen MR) is 51.9 cm³/mol. The Labute approximate surface area is 103 Å². The molecule has 0 radical (unpaired) electrons. The van der Waals surface area contributed by atoms with Crippen molar-refractivity contribution < 1.29 is 17.8 Å². The molecule has 1 aromatic rings. The van der Waals surface area contributed by atoms with E-state index in [-0.39, 0.29) is 40.0 Å². The summed E-state index contributed by atoms with van der Waals surface area (Å²) < 4.78 is 29.7. The van der Waals surface area contributed by atoms with Crippen LogP contribution in [0.25, 0.3) is 0 Å². The molecule has 0 saturated carbocycles. The van der Waals surface area contributed by atoms with Gasteiger partial charge in [0.2, 0.25) is 5.91 Å². The van der Waals surface area contributed by atoms with Crippen LogP contribution in [0.2, 0.25) is 0 Å². The van der Waals surface area contributed by atoms with E-state index in [1.165, 1.54) is 12.1 Å². The van der Waals surface area contributed by atoms with Crippen LogP contribution in [-0.2, 0) is 10.1 Å². The van der Waals surface area contributed by atoms with Crippen LogP contribution in [0, 0.1) is 0 Å². The SMILES string of the molecule is NC(=O)c1ccc(S(=O)(=O)O)cc1.[NaH]. The quantitative estimate of drug-likeness (QED) is 0.518. The van der Waals surface area contributed by atoms with Crippen molar-refractivity contribution in [3.63, 3.8) is 0 Å². The number of primary amides is 1. The summed E-state index contributed by atoms with van der Waals surface area (Å²) in [5.74, 6) is -0.651. The van der Waals surface area contributed by atoms with Crippen molar-refractivity contribution in [1.82, 2.24) is 0 Å². The number of carbonyl (C=O) groups excluding carboxylic acids is 1. The van der Waals surface area contributed by atoms with Gasteiger partial charge in [-0.25, -0.2) is 0 Å². The molecule has 0 saturated heterocycles. The van der Waals surface area contributed by atoms with Crippen LogP contribution in [0.3, 0.4) is 0 Å². The summed E-state index contributed by atoms with van der Waals surface area (Å²) in [5.41, 5.74) is 5.11. The molecule has 0 aliphatic heterocycles. The molecule has 14 heavy (non-hydrogen) atoms. The van der Waals surface area contributed by atoms with Crippen molar-refractivity contribution in [2.24, 2.45) is 5.73 Å². The third kappa shape index (κ3) is 3.39. The summed E-state index contributed by atoms with van der Waals surface area (Å²) in [6.07, 6.45) is 0. The summed E-state index contributed by atoms with van der Waals surface area (Å²) in [6.45, 7) is 0. The minimum absolute atomic E-state index is 0. The second-order valence-corrected chi connectivity index (χ2v) is 3.79. The zero-order valence-corrected chi connectivity index (χ0v) is 7.28. The van der Waals surface area contributed by atoms with Crippen LogP contribution >= 0.6 is 0 Å². The topological polar surface area (TPSA) is 97.5 Å². The van der Waals surface area contributed by atoms with E-state index in [0.29, 0.717) is 0 Å². The zero-order chi connectivity index (χ0) is 10.1. The van der Waals surface area contributed by atoms with Gasteiger partial charge in [0, 0.05) is 5.56 Å². The van der Waals surface area contributed by atoms with Gasteiger partial charge in [-0.3, -0.25) is 9.35 Å². The fourth-order valence-electron chi connectivity index (χ4n) is 0.791. The Bertz CT molecular complexity index is 426. The summed E-state index contributed by atoms with van der Waals surface area (Å²) >= 11 is 0. The molecule has 0 heterocycles. The van der Waals surface area contributed by atoms with Gasteiger partial charge in [-0.05, 0) is 24.3 Å². The van der Waals surface area contributed by atoms with Crippen LogP contribution < -0.4 is 5.73 Å². The standard InChI is InChI=1S/C7H7NO4S.Na.H/c8-7(9)5-1-3-6(4-2-5)13(10,11)12;;/h1-4H,(H2,8,9)(H,10,11,12);;. The molecule has 0 aliphatic rings. The van der Waals surface area contributed by atoms with Gasteiger partial charge in [0.1, 0.15) is 0 Å². The first-order valence-electron chi connectivity index (χ1n) is 3.28. The molecule has 72 valence electrons. The fourth-order valence-corrected chi connectivity index (χ4v) is 1.27. The van der Waals surface area contributed by atoms with Crippen molar-refractivity contribution in [3.05, 3.63) is 29.8 Å². The molecule has 1 amide bonds. The van der Waals surface area contributed by atoms with Crippen molar-refractivity contribution >= 4 is 45.6 Å². The molecule has 0 atom stereocenters. The van der Waals surface area contributed by atoms with E-state index >= 15 is 0 Å². The molecule has 3 N–H and O–H groups in total. The molecule has 1 aromatic carbocycles. The maximum absolute atomic E-state index is 10.6. The maximum atomic E-state index is 10.6. The number of carbonyl (C=O) groups is 1. The summed E-state index contributed by atoms with van der Waals surface area (Å²) in [4.78, 5) is 10.3. The van der Waals surface area contributed by atoms with Crippen LogP contribution in [0.4, 0.5) is 0 Å². The zero-order valence-electron chi connectivity index (χ0n) is 6.47. The first kappa shape index (κ1) is 13.6. The Morgan fingerprint density at radius 2 is 1.64 bits per heavy atom. The first-order chi connectivity index (χ1) is 5.91. The van der Waals surface area contributed by atoms with Gasteiger partial charge >= 0.3 is 29.6 Å². The van der Waals surface area contributed by atoms with Crippen LogP contribution in [0.1, 0.15) is 10.4 Å².